The number of unbranched alkanes of at least 4 members (excludes halogenated alkanes) is 1. The van der Waals surface area contributed by atoms with E-state index in [1.165, 1.54) is 62.2 Å². The van der Waals surface area contributed by atoms with E-state index in [1.54, 1.807) is 11.3 Å². The van der Waals surface area contributed by atoms with Crippen LogP contribution >= 0.6 is 11.3 Å². The normalized spacial score (nSPS) is 16.1. The summed E-state index contributed by atoms with van der Waals surface area (Å²) >= 11 is 1.73. The van der Waals surface area contributed by atoms with Crippen molar-refractivity contribution in [3.05, 3.63) is 52.0 Å². The maximum absolute atomic E-state index is 4.38. The van der Waals surface area contributed by atoms with Crippen molar-refractivity contribution in [3.63, 3.8) is 0 Å². The van der Waals surface area contributed by atoms with Gasteiger partial charge in [-0.2, -0.15) is 0 Å². The van der Waals surface area contributed by atoms with Gasteiger partial charge in [0.2, 0.25) is 0 Å². The lowest BCUT2D eigenvalue weighted by Gasteiger charge is -2.32. The lowest BCUT2D eigenvalue weighted by Crippen LogP contribution is -2.38. The van der Waals surface area contributed by atoms with Crippen LogP contribution < -0.4 is 10.6 Å². The summed E-state index contributed by atoms with van der Waals surface area (Å²) in [5.41, 5.74) is 1.49. The maximum Gasteiger partial charge on any atom is 0.191 e. The van der Waals surface area contributed by atoms with Gasteiger partial charge in [0, 0.05) is 24.7 Å². The number of benzene rings is 1. The third-order valence-corrected chi connectivity index (χ3v) is 6.48. The number of piperidine rings is 1. The summed E-state index contributed by atoms with van der Waals surface area (Å²) in [7, 11) is 1.82. The Labute approximate surface area is 179 Å². The average Bonchev–Trinajstić information content (AvgIpc) is 3.17. The summed E-state index contributed by atoms with van der Waals surface area (Å²) in [6, 6.07) is 10.9. The molecule has 1 aromatic heterocycles. The fourth-order valence-corrected chi connectivity index (χ4v) is 4.62. The molecule has 0 bridgehead atoms. The molecular formula is C23H35N5S. The molecule has 0 aliphatic carbocycles. The largest absolute Gasteiger partial charge is 0.356 e. The number of nitrogens with zero attached hydrogens (tertiary/aromatic N) is 3. The summed E-state index contributed by atoms with van der Waals surface area (Å²) in [5, 5.41) is 7.85. The Kier molecular flexibility index (Phi) is 8.96. The fourth-order valence-electron chi connectivity index (χ4n) is 3.89. The van der Waals surface area contributed by atoms with Gasteiger partial charge in [0.25, 0.3) is 0 Å². The average molecular weight is 414 g/mol. The molecule has 0 amide bonds. The molecule has 0 saturated carbocycles. The minimum absolute atomic E-state index is 0.732. The third kappa shape index (κ3) is 7.78. The van der Waals surface area contributed by atoms with Crippen LogP contribution in [0.4, 0.5) is 0 Å². The van der Waals surface area contributed by atoms with E-state index in [-0.39, 0.29) is 0 Å². The summed E-state index contributed by atoms with van der Waals surface area (Å²) in [4.78, 5) is 12.6. The molecule has 158 valence electrons. The Morgan fingerprint density at radius 2 is 1.97 bits per heavy atom. The van der Waals surface area contributed by atoms with Gasteiger partial charge in [-0.3, -0.25) is 4.99 Å². The van der Waals surface area contributed by atoms with E-state index < -0.39 is 0 Å². The molecule has 5 nitrogen and oxygen atoms in total. The summed E-state index contributed by atoms with van der Waals surface area (Å²) < 4.78 is 0. The van der Waals surface area contributed by atoms with Crippen molar-refractivity contribution in [2.75, 3.05) is 33.2 Å². The number of aryl methyl sites for hydroxylation is 1. The highest BCUT2D eigenvalue weighted by Gasteiger charge is 2.18. The van der Waals surface area contributed by atoms with Crippen molar-refractivity contribution in [3.8, 4) is 0 Å². The molecule has 6 heteroatoms. The van der Waals surface area contributed by atoms with E-state index in [2.05, 4.69) is 62.8 Å². The number of aromatic nitrogens is 1. The lowest BCUT2D eigenvalue weighted by atomic mass is 9.90. The van der Waals surface area contributed by atoms with Crippen LogP contribution in [-0.2, 0) is 13.0 Å². The van der Waals surface area contributed by atoms with Gasteiger partial charge in [-0.25, -0.2) is 4.98 Å². The topological polar surface area (TPSA) is 52.6 Å². The second-order valence-corrected chi connectivity index (χ2v) is 9.22. The van der Waals surface area contributed by atoms with E-state index in [0.717, 1.165) is 30.0 Å². The second kappa shape index (κ2) is 11.9. The molecule has 1 aromatic carbocycles. The standard InChI is InChI=1S/C23H35N5S/c1-19-17-26-22(29-19)18-27-23(24-2)25-12-6-7-13-28-14-10-21(11-15-28)16-20-8-4-3-5-9-20/h3-5,8-9,17,21H,6-7,10-16,18H2,1-2H3,(H2,24,25,27). The van der Waals surface area contributed by atoms with Gasteiger partial charge in [0.05, 0.1) is 6.54 Å². The first-order chi connectivity index (χ1) is 14.2. The van der Waals surface area contributed by atoms with Crippen molar-refractivity contribution in [1.29, 1.82) is 0 Å². The number of likely N-dealkylation sites (tertiary alicyclic amines) is 1. The van der Waals surface area contributed by atoms with E-state index in [0.29, 0.717) is 0 Å². The fraction of sp³-hybridized carbons (Fsp3) is 0.565. The summed E-state index contributed by atoms with van der Waals surface area (Å²) in [5.74, 6) is 1.71. The minimum atomic E-state index is 0.732. The van der Waals surface area contributed by atoms with Crippen LogP contribution in [-0.4, -0.2) is 49.1 Å². The predicted molar refractivity (Wildman–Crippen MR) is 124 cm³/mol. The number of nitrogens with one attached hydrogen (secondary N) is 2. The molecule has 0 spiro atoms. The second-order valence-electron chi connectivity index (χ2n) is 7.90. The van der Waals surface area contributed by atoms with E-state index >= 15 is 0 Å². The zero-order valence-electron chi connectivity index (χ0n) is 17.9. The molecule has 1 fully saturated rings. The van der Waals surface area contributed by atoms with Gasteiger partial charge in [0.15, 0.2) is 5.96 Å². The lowest BCUT2D eigenvalue weighted by molar-refractivity contribution is 0.181. The quantitative estimate of drug-likeness (QED) is 0.372. The van der Waals surface area contributed by atoms with Gasteiger partial charge in [-0.15, -0.1) is 11.3 Å². The Bertz CT molecular complexity index is 735. The van der Waals surface area contributed by atoms with Crippen LogP contribution in [0.15, 0.2) is 41.5 Å². The molecule has 2 heterocycles. The van der Waals surface area contributed by atoms with Crippen LogP contribution in [0, 0.1) is 12.8 Å². The van der Waals surface area contributed by atoms with Crippen LogP contribution in [0.3, 0.4) is 0 Å². The molecular weight excluding hydrogens is 378 g/mol. The SMILES string of the molecule is CN=C(NCCCCN1CCC(Cc2ccccc2)CC1)NCc1ncc(C)s1. The molecule has 0 unspecified atom stereocenters. The van der Waals surface area contributed by atoms with Gasteiger partial charge < -0.3 is 15.5 Å². The first-order valence-corrected chi connectivity index (χ1v) is 11.7. The summed E-state index contributed by atoms with van der Waals surface area (Å²) in [6.45, 7) is 7.49. The molecule has 1 aliphatic rings. The van der Waals surface area contributed by atoms with Crippen molar-refractivity contribution in [2.45, 2.75) is 45.6 Å². The maximum atomic E-state index is 4.38. The van der Waals surface area contributed by atoms with Gasteiger partial charge in [-0.1, -0.05) is 30.3 Å². The smallest absolute Gasteiger partial charge is 0.191 e. The number of guanidine groups is 1. The number of hydrogen-bond acceptors (Lipinski definition) is 4. The number of hydrogen-bond donors (Lipinski definition) is 2. The highest BCUT2D eigenvalue weighted by molar-refractivity contribution is 7.11. The third-order valence-electron chi connectivity index (χ3n) is 5.57. The molecule has 1 aliphatic heterocycles. The number of thiazole rings is 1. The Balaban J connectivity index is 1.23. The zero-order chi connectivity index (χ0) is 20.3. The van der Waals surface area contributed by atoms with Crippen molar-refractivity contribution in [1.82, 2.24) is 20.5 Å². The number of rotatable bonds is 9. The van der Waals surface area contributed by atoms with Crippen LogP contribution in [0.2, 0.25) is 0 Å². The molecule has 0 atom stereocenters. The summed E-state index contributed by atoms with van der Waals surface area (Å²) in [6.07, 6.45) is 8.23. The molecule has 3 rings (SSSR count). The molecule has 2 N–H and O–H groups in total. The Morgan fingerprint density at radius 3 is 2.66 bits per heavy atom. The van der Waals surface area contributed by atoms with E-state index in [1.807, 2.05) is 13.2 Å². The zero-order valence-corrected chi connectivity index (χ0v) is 18.7. The first-order valence-electron chi connectivity index (χ1n) is 10.8. The van der Waals surface area contributed by atoms with Crippen molar-refractivity contribution < 1.29 is 0 Å². The highest BCUT2D eigenvalue weighted by atomic mass is 32.1. The van der Waals surface area contributed by atoms with Gasteiger partial charge >= 0.3 is 0 Å². The molecule has 29 heavy (non-hydrogen) atoms. The minimum Gasteiger partial charge on any atom is -0.356 e. The monoisotopic (exact) mass is 413 g/mol. The highest BCUT2D eigenvalue weighted by Crippen LogP contribution is 2.21. The van der Waals surface area contributed by atoms with E-state index in [9.17, 15) is 0 Å². The van der Waals surface area contributed by atoms with Crippen LogP contribution in [0.1, 0.15) is 41.1 Å². The van der Waals surface area contributed by atoms with Gasteiger partial charge in [-0.05, 0) is 70.1 Å². The van der Waals surface area contributed by atoms with Crippen LogP contribution in [0.5, 0.6) is 0 Å². The molecule has 1 saturated heterocycles. The van der Waals surface area contributed by atoms with Crippen molar-refractivity contribution >= 4 is 17.3 Å². The molecule has 2 aromatic rings. The van der Waals surface area contributed by atoms with E-state index in [4.69, 9.17) is 0 Å². The predicted octanol–water partition coefficient (Wildman–Crippen LogP) is 3.85. The molecule has 0 radical (unpaired) electrons. The van der Waals surface area contributed by atoms with Crippen molar-refractivity contribution in [2.24, 2.45) is 10.9 Å². The number of aliphatic imine (C=N–C) groups is 1. The first kappa shape index (κ1) is 21.8. The van der Waals surface area contributed by atoms with Gasteiger partial charge in [0.1, 0.15) is 5.01 Å². The Morgan fingerprint density at radius 1 is 1.17 bits per heavy atom. The van der Waals surface area contributed by atoms with Crippen LogP contribution in [0.25, 0.3) is 0 Å². The Hall–Kier alpha value is -1.92.